The minimum absolute atomic E-state index is 0.0634. The van der Waals surface area contributed by atoms with E-state index in [4.69, 9.17) is 11.6 Å². The van der Waals surface area contributed by atoms with E-state index in [1.807, 2.05) is 31.2 Å². The van der Waals surface area contributed by atoms with Crippen molar-refractivity contribution < 1.29 is 9.59 Å². The second-order valence-corrected chi connectivity index (χ2v) is 7.54. The molecule has 2 fully saturated rings. The monoisotopic (exact) mass is 362 g/mol. The second-order valence-electron chi connectivity index (χ2n) is 7.27. The van der Waals surface area contributed by atoms with Gasteiger partial charge in [0.2, 0.25) is 11.8 Å². The maximum absolute atomic E-state index is 13.2. The van der Waals surface area contributed by atoms with Crippen LogP contribution in [-0.4, -0.2) is 34.7 Å². The van der Waals surface area contributed by atoms with Crippen molar-refractivity contribution in [3.05, 3.63) is 35.4 Å². The molecule has 2 aliphatic rings. The summed E-state index contributed by atoms with van der Waals surface area (Å²) < 4.78 is 0. The summed E-state index contributed by atoms with van der Waals surface area (Å²) in [6.07, 6.45) is 7.51. The van der Waals surface area contributed by atoms with Gasteiger partial charge in [-0.25, -0.2) is 0 Å². The van der Waals surface area contributed by atoms with Crippen LogP contribution < -0.4 is 5.32 Å². The first-order chi connectivity index (χ1) is 12.1. The van der Waals surface area contributed by atoms with Crippen LogP contribution in [0.25, 0.3) is 0 Å². The van der Waals surface area contributed by atoms with E-state index in [0.29, 0.717) is 0 Å². The molecule has 1 N–H and O–H groups in total. The van der Waals surface area contributed by atoms with E-state index in [1.165, 1.54) is 6.42 Å². The van der Waals surface area contributed by atoms with Gasteiger partial charge in [-0.05, 0) is 43.7 Å². The van der Waals surface area contributed by atoms with Crippen molar-refractivity contribution in [3.8, 4) is 0 Å². The zero-order valence-electron chi connectivity index (χ0n) is 14.8. The quantitative estimate of drug-likeness (QED) is 0.784. The third kappa shape index (κ3) is 4.35. The molecule has 0 aliphatic heterocycles. The Morgan fingerprint density at radius 1 is 1.16 bits per heavy atom. The minimum Gasteiger partial charge on any atom is -0.351 e. The smallest absolute Gasteiger partial charge is 0.247 e. The van der Waals surface area contributed by atoms with Gasteiger partial charge in [0.1, 0.15) is 11.9 Å². The molecule has 1 aromatic rings. The van der Waals surface area contributed by atoms with Crippen molar-refractivity contribution in [3.63, 3.8) is 0 Å². The molecule has 4 nitrogen and oxygen atoms in total. The Morgan fingerprint density at radius 3 is 2.44 bits per heavy atom. The zero-order valence-corrected chi connectivity index (χ0v) is 15.6. The van der Waals surface area contributed by atoms with Crippen LogP contribution in [0.4, 0.5) is 0 Å². The highest BCUT2D eigenvalue weighted by atomic mass is 35.5. The van der Waals surface area contributed by atoms with Gasteiger partial charge < -0.3 is 10.2 Å². The molecule has 2 aliphatic carbocycles. The molecule has 0 aromatic heterocycles. The Morgan fingerprint density at radius 2 is 1.84 bits per heavy atom. The zero-order chi connectivity index (χ0) is 17.8. The number of carbonyl (C=O) groups is 2. The minimum atomic E-state index is -0.582. The highest BCUT2D eigenvalue weighted by Crippen LogP contribution is 2.36. The number of hydrogen-bond donors (Lipinski definition) is 1. The summed E-state index contributed by atoms with van der Waals surface area (Å²) in [6.45, 7) is 1.99. The number of nitrogens with zero attached hydrogens (tertiary/aromatic N) is 1. The standard InChI is InChI=1S/C20H27ClN2O2/c1-14-7-5-6-10-17(14)19(23(16-11-12-16)18(24)13-21)20(25)22-15-8-3-2-4-9-15/h5-7,10,15-16,19H,2-4,8-9,11-13H2,1H3,(H,22,25)/t19-/m0/s1. The van der Waals surface area contributed by atoms with Gasteiger partial charge in [-0.1, -0.05) is 43.5 Å². The van der Waals surface area contributed by atoms with Crippen LogP contribution in [0.1, 0.15) is 62.1 Å². The van der Waals surface area contributed by atoms with Crippen LogP contribution in [-0.2, 0) is 9.59 Å². The van der Waals surface area contributed by atoms with Crippen LogP contribution in [0.2, 0.25) is 0 Å². The molecule has 0 bridgehead atoms. The van der Waals surface area contributed by atoms with Gasteiger partial charge in [0.15, 0.2) is 0 Å². The van der Waals surface area contributed by atoms with Crippen LogP contribution in [0.5, 0.6) is 0 Å². The van der Waals surface area contributed by atoms with Gasteiger partial charge in [0.25, 0.3) is 0 Å². The third-order valence-corrected chi connectivity index (χ3v) is 5.53. The van der Waals surface area contributed by atoms with E-state index in [9.17, 15) is 9.59 Å². The first kappa shape index (κ1) is 18.2. The van der Waals surface area contributed by atoms with Crippen molar-refractivity contribution in [2.75, 3.05) is 5.88 Å². The molecule has 1 atom stereocenters. The molecular weight excluding hydrogens is 336 g/mol. The van der Waals surface area contributed by atoms with E-state index in [1.54, 1.807) is 4.90 Å². The Balaban J connectivity index is 1.89. The fourth-order valence-corrected chi connectivity index (χ4v) is 3.96. The molecule has 25 heavy (non-hydrogen) atoms. The van der Waals surface area contributed by atoms with Crippen LogP contribution >= 0.6 is 11.6 Å². The van der Waals surface area contributed by atoms with Gasteiger partial charge >= 0.3 is 0 Å². The van der Waals surface area contributed by atoms with Crippen LogP contribution in [0.15, 0.2) is 24.3 Å². The average Bonchev–Trinajstić information content (AvgIpc) is 3.45. The molecule has 2 amide bonds. The summed E-state index contributed by atoms with van der Waals surface area (Å²) in [5, 5.41) is 3.21. The first-order valence-corrected chi connectivity index (χ1v) is 9.88. The lowest BCUT2D eigenvalue weighted by Gasteiger charge is -2.34. The molecule has 1 aromatic carbocycles. The molecule has 5 heteroatoms. The summed E-state index contributed by atoms with van der Waals surface area (Å²) in [4.78, 5) is 27.5. The van der Waals surface area contributed by atoms with E-state index < -0.39 is 6.04 Å². The SMILES string of the molecule is Cc1ccccc1[C@@H](C(=O)NC1CCCCC1)N(C(=O)CCl)C1CC1. The fraction of sp³-hybridized carbons (Fsp3) is 0.600. The first-order valence-electron chi connectivity index (χ1n) is 9.35. The number of amides is 2. The van der Waals surface area contributed by atoms with Crippen LogP contribution in [0.3, 0.4) is 0 Å². The van der Waals surface area contributed by atoms with Crippen molar-refractivity contribution in [2.45, 2.75) is 70.0 Å². The number of halogens is 1. The summed E-state index contributed by atoms with van der Waals surface area (Å²) in [5.41, 5.74) is 1.93. The number of rotatable bonds is 6. The number of hydrogen-bond acceptors (Lipinski definition) is 2. The number of benzene rings is 1. The van der Waals surface area contributed by atoms with Gasteiger partial charge in [-0.2, -0.15) is 0 Å². The lowest BCUT2D eigenvalue weighted by molar-refractivity contribution is -0.140. The molecule has 0 saturated heterocycles. The highest BCUT2D eigenvalue weighted by Gasteiger charge is 2.41. The summed E-state index contributed by atoms with van der Waals surface area (Å²) in [6, 6.07) is 7.61. The normalized spacial score (nSPS) is 19.3. The molecule has 0 spiro atoms. The largest absolute Gasteiger partial charge is 0.351 e. The molecule has 0 radical (unpaired) electrons. The van der Waals surface area contributed by atoms with E-state index in [2.05, 4.69) is 5.32 Å². The van der Waals surface area contributed by atoms with Crippen molar-refractivity contribution in [2.24, 2.45) is 0 Å². The van der Waals surface area contributed by atoms with E-state index in [-0.39, 0.29) is 29.8 Å². The third-order valence-electron chi connectivity index (χ3n) is 5.30. The lowest BCUT2D eigenvalue weighted by Crippen LogP contribution is -2.48. The number of nitrogens with one attached hydrogen (secondary N) is 1. The van der Waals surface area contributed by atoms with Gasteiger partial charge in [0.05, 0.1) is 0 Å². The van der Waals surface area contributed by atoms with Crippen LogP contribution in [0, 0.1) is 6.92 Å². The van der Waals surface area contributed by atoms with E-state index in [0.717, 1.165) is 49.7 Å². The number of alkyl halides is 1. The molecule has 3 rings (SSSR count). The van der Waals surface area contributed by atoms with Gasteiger partial charge in [0, 0.05) is 12.1 Å². The average molecular weight is 363 g/mol. The fourth-order valence-electron chi connectivity index (χ4n) is 3.82. The molecule has 136 valence electrons. The Labute approximate surface area is 154 Å². The summed E-state index contributed by atoms with van der Waals surface area (Å²) in [5.74, 6) is -0.307. The van der Waals surface area contributed by atoms with Crippen molar-refractivity contribution in [1.82, 2.24) is 10.2 Å². The summed E-state index contributed by atoms with van der Waals surface area (Å²) in [7, 11) is 0. The van der Waals surface area contributed by atoms with E-state index >= 15 is 0 Å². The maximum atomic E-state index is 13.2. The molecule has 2 saturated carbocycles. The van der Waals surface area contributed by atoms with Gasteiger partial charge in [-0.15, -0.1) is 11.6 Å². The molecule has 0 unspecified atom stereocenters. The highest BCUT2D eigenvalue weighted by molar-refractivity contribution is 6.27. The topological polar surface area (TPSA) is 49.4 Å². The number of aryl methyl sites for hydroxylation is 1. The Hall–Kier alpha value is -1.55. The van der Waals surface area contributed by atoms with Gasteiger partial charge in [-0.3, -0.25) is 9.59 Å². The van der Waals surface area contributed by atoms with Crippen molar-refractivity contribution in [1.29, 1.82) is 0 Å². The Kier molecular flexibility index (Phi) is 6.00. The number of carbonyl (C=O) groups excluding carboxylic acids is 2. The predicted octanol–water partition coefficient (Wildman–Crippen LogP) is 3.71. The lowest BCUT2D eigenvalue weighted by atomic mass is 9.94. The summed E-state index contributed by atoms with van der Waals surface area (Å²) >= 11 is 5.86. The predicted molar refractivity (Wildman–Crippen MR) is 99.5 cm³/mol. The maximum Gasteiger partial charge on any atom is 0.247 e. The molecule has 0 heterocycles. The second kappa shape index (κ2) is 8.22. The van der Waals surface area contributed by atoms with Crippen molar-refractivity contribution >= 4 is 23.4 Å². The molecular formula is C20H27ClN2O2. The Bertz CT molecular complexity index is 624.